The van der Waals surface area contributed by atoms with Crippen molar-refractivity contribution in [3.8, 4) is 44.5 Å². The van der Waals surface area contributed by atoms with Crippen molar-refractivity contribution in [2.24, 2.45) is 11.8 Å². The minimum atomic E-state index is 0.213. The molecule has 6 aromatic rings. The number of hydrogen-bond acceptors (Lipinski definition) is 0. The number of fused-ring (bicyclic) bond motifs is 7. The maximum atomic E-state index is 2.44. The summed E-state index contributed by atoms with van der Waals surface area (Å²) in [6, 6.07) is 45.2. The molecule has 0 radical (unpaired) electrons. The molecule has 60 heavy (non-hydrogen) atoms. The molecule has 0 aromatic heterocycles. The van der Waals surface area contributed by atoms with Gasteiger partial charge in [0.05, 0.1) is 0 Å². The lowest BCUT2D eigenvalue weighted by Crippen LogP contribution is -2.16. The predicted octanol–water partition coefficient (Wildman–Crippen LogP) is 15.1. The lowest BCUT2D eigenvalue weighted by Gasteiger charge is -2.31. The molecule has 6 aromatic carbocycles. The summed E-state index contributed by atoms with van der Waals surface area (Å²) in [7, 11) is 0. The zero-order chi connectivity index (χ0) is 39.1. The number of rotatable bonds is 4. The van der Waals surface area contributed by atoms with Gasteiger partial charge in [0.15, 0.2) is 0 Å². The number of benzene rings is 6. The van der Waals surface area contributed by atoms with Crippen LogP contribution in [0.5, 0.6) is 0 Å². The van der Waals surface area contributed by atoms with Crippen LogP contribution in [-0.4, -0.2) is 0 Å². The van der Waals surface area contributed by atoms with E-state index in [2.05, 4.69) is 206 Å². The Balaban J connectivity index is 1.28. The normalized spacial score (nSPS) is 20.2. The van der Waals surface area contributed by atoms with Crippen molar-refractivity contribution in [1.82, 2.24) is 0 Å². The second-order valence-electron chi connectivity index (χ2n) is 16.9. The van der Waals surface area contributed by atoms with Gasteiger partial charge in [-0.15, -0.1) is 0 Å². The average Bonchev–Trinajstić information content (AvgIpc) is 3.84. The third-order valence-corrected chi connectivity index (χ3v) is 14.1. The molecule has 0 N–H and O–H groups in total. The van der Waals surface area contributed by atoms with Gasteiger partial charge in [0.1, 0.15) is 0 Å². The monoisotopic (exact) mass is 756 g/mol. The topological polar surface area (TPSA) is 0 Å². The highest BCUT2D eigenvalue weighted by molar-refractivity contribution is 6.31. The molecule has 2 unspecified atom stereocenters. The van der Waals surface area contributed by atoms with Crippen molar-refractivity contribution in [3.63, 3.8) is 0 Å². The highest BCUT2D eigenvalue weighted by Gasteiger charge is 2.45. The average molecular weight is 757 g/mol. The van der Waals surface area contributed by atoms with Gasteiger partial charge in [-0.25, -0.2) is 0 Å². The summed E-state index contributed by atoms with van der Waals surface area (Å²) in [6.45, 7) is 0. The maximum absolute atomic E-state index is 2.44. The molecule has 8 aliphatic rings. The quantitative estimate of drug-likeness (QED) is 0.168. The fourth-order valence-electron chi connectivity index (χ4n) is 11.8. The molecular weight excluding hydrogens is 721 g/mol. The van der Waals surface area contributed by atoms with E-state index in [-0.39, 0.29) is 11.8 Å². The molecule has 0 nitrogen and oxygen atoms in total. The SMILES string of the molecule is C1=CC2=CC=C3C4=C(C=CC(=C1)C24)c1c3c(-c2ccccc2)c2c(-c3ccccc3)c3c(c(-c4ccccc4)c2c1-c1ccccc1)C1=C2C3=CC=C3C=CC=C(C=C1)C32. The fourth-order valence-corrected chi connectivity index (χ4v) is 11.8. The van der Waals surface area contributed by atoms with E-state index in [0.717, 1.165) is 0 Å². The van der Waals surface area contributed by atoms with Crippen molar-refractivity contribution in [2.45, 2.75) is 0 Å². The molecule has 0 spiro atoms. The van der Waals surface area contributed by atoms with Crippen molar-refractivity contribution < 1.29 is 0 Å². The summed E-state index contributed by atoms with van der Waals surface area (Å²) in [4.78, 5) is 0. The van der Waals surface area contributed by atoms with E-state index < -0.39 is 0 Å². The van der Waals surface area contributed by atoms with Gasteiger partial charge in [-0.2, -0.15) is 0 Å². The van der Waals surface area contributed by atoms with Crippen LogP contribution in [0, 0.1) is 11.8 Å². The first-order valence-corrected chi connectivity index (χ1v) is 21.3. The number of hydrogen-bond donors (Lipinski definition) is 0. The molecule has 8 aliphatic carbocycles. The van der Waals surface area contributed by atoms with Crippen molar-refractivity contribution in [1.29, 1.82) is 0 Å². The molecule has 0 saturated carbocycles. The van der Waals surface area contributed by atoms with Crippen molar-refractivity contribution in [3.05, 3.63) is 262 Å². The molecule has 0 heterocycles. The Kier molecular flexibility index (Phi) is 6.49. The van der Waals surface area contributed by atoms with E-state index in [1.807, 2.05) is 0 Å². The second-order valence-corrected chi connectivity index (χ2v) is 16.9. The third kappa shape index (κ3) is 4.15. The van der Waals surface area contributed by atoms with E-state index in [4.69, 9.17) is 0 Å². The van der Waals surface area contributed by atoms with Crippen LogP contribution in [0.15, 0.2) is 240 Å². The van der Waals surface area contributed by atoms with Gasteiger partial charge >= 0.3 is 0 Å². The highest BCUT2D eigenvalue weighted by Crippen LogP contribution is 2.66. The Labute approximate surface area is 350 Å². The van der Waals surface area contributed by atoms with Gasteiger partial charge in [0.25, 0.3) is 0 Å². The van der Waals surface area contributed by atoms with E-state index in [9.17, 15) is 0 Å². The van der Waals surface area contributed by atoms with Crippen LogP contribution >= 0.6 is 0 Å². The summed E-state index contributed by atoms with van der Waals surface area (Å²) in [5.74, 6) is 0.426. The van der Waals surface area contributed by atoms with E-state index >= 15 is 0 Å². The zero-order valence-electron chi connectivity index (χ0n) is 32.8. The van der Waals surface area contributed by atoms with Gasteiger partial charge < -0.3 is 0 Å². The molecule has 2 atom stereocenters. The Morgan fingerprint density at radius 3 is 0.967 bits per heavy atom. The van der Waals surface area contributed by atoms with Crippen LogP contribution in [0.1, 0.15) is 22.3 Å². The van der Waals surface area contributed by atoms with Crippen LogP contribution in [0.4, 0.5) is 0 Å². The predicted molar refractivity (Wildman–Crippen MR) is 251 cm³/mol. The van der Waals surface area contributed by atoms with E-state index in [1.165, 1.54) is 133 Å². The maximum Gasteiger partial charge on any atom is 0.0352 e. The number of allylic oxidation sites excluding steroid dienone is 24. The van der Waals surface area contributed by atoms with E-state index in [0.29, 0.717) is 0 Å². The molecule has 0 saturated heterocycles. The minimum absolute atomic E-state index is 0.213. The largest absolute Gasteiger partial charge is 0.0622 e. The van der Waals surface area contributed by atoms with Gasteiger partial charge in [0.2, 0.25) is 0 Å². The van der Waals surface area contributed by atoms with Crippen LogP contribution in [-0.2, 0) is 0 Å². The molecule has 0 heteroatoms. The van der Waals surface area contributed by atoms with Gasteiger partial charge in [-0.1, -0.05) is 206 Å². The van der Waals surface area contributed by atoms with Crippen molar-refractivity contribution >= 4 is 33.1 Å². The Morgan fingerprint density at radius 2 is 0.600 bits per heavy atom. The first kappa shape index (κ1) is 32.4. The molecule has 0 amide bonds. The van der Waals surface area contributed by atoms with Crippen LogP contribution < -0.4 is 0 Å². The molecule has 14 rings (SSSR count). The smallest absolute Gasteiger partial charge is 0.0352 e. The second kappa shape index (κ2) is 12.0. The summed E-state index contributed by atoms with van der Waals surface area (Å²) < 4.78 is 0. The first-order chi connectivity index (χ1) is 29.8. The molecular formula is C60H36. The third-order valence-electron chi connectivity index (χ3n) is 14.1. The fraction of sp³-hybridized carbons (Fsp3) is 0.0333. The van der Waals surface area contributed by atoms with Gasteiger partial charge in [-0.05, 0) is 133 Å². The van der Waals surface area contributed by atoms with Crippen LogP contribution in [0.2, 0.25) is 0 Å². The summed E-state index contributed by atoms with van der Waals surface area (Å²) >= 11 is 0. The van der Waals surface area contributed by atoms with Gasteiger partial charge in [0, 0.05) is 11.8 Å². The highest BCUT2D eigenvalue weighted by atomic mass is 14.5. The van der Waals surface area contributed by atoms with Gasteiger partial charge in [-0.3, -0.25) is 0 Å². The Hall–Kier alpha value is -7.54. The summed E-state index contributed by atoms with van der Waals surface area (Å²) in [5.41, 5.74) is 29.4. The lowest BCUT2D eigenvalue weighted by molar-refractivity contribution is 0.894. The standard InChI is InChI=1S/C60H36/c1-5-15-35(16-6-1)49-55-43-31-27-39-23-13-24-40-28-32-44(53(43)47(39)40)56(55)51(37-19-9-3-10-20-37)60-52(38-21-11-4-12-22-38)58-46-34-30-42-26-14-25-41-29-33-45(54(46)48(41)42)57(58)50(59(49)60)36-17-7-2-8-18-36/h1-34,47-48H. The Bertz CT molecular complexity index is 3170. The summed E-state index contributed by atoms with van der Waals surface area (Å²) in [6.07, 6.45) is 33.0. The van der Waals surface area contributed by atoms with Crippen molar-refractivity contribution in [2.75, 3.05) is 0 Å². The molecule has 0 bridgehead atoms. The molecule has 276 valence electrons. The zero-order valence-corrected chi connectivity index (χ0v) is 32.8. The van der Waals surface area contributed by atoms with E-state index in [1.54, 1.807) is 0 Å². The summed E-state index contributed by atoms with van der Waals surface area (Å²) in [5, 5.41) is 2.64. The minimum Gasteiger partial charge on any atom is -0.0622 e. The van der Waals surface area contributed by atoms with Crippen LogP contribution in [0.3, 0.4) is 0 Å². The van der Waals surface area contributed by atoms with Crippen LogP contribution in [0.25, 0.3) is 77.6 Å². The lowest BCUT2D eigenvalue weighted by atomic mass is 9.72. The first-order valence-electron chi connectivity index (χ1n) is 21.3. The Morgan fingerprint density at radius 1 is 0.267 bits per heavy atom. The molecule has 0 aliphatic heterocycles. The molecule has 0 fully saturated rings.